The Balaban J connectivity index is 1.91. The number of carbonyl (C=O) groups is 1. The van der Waals surface area contributed by atoms with Crippen molar-refractivity contribution in [2.24, 2.45) is 0 Å². The summed E-state index contributed by atoms with van der Waals surface area (Å²) in [5, 5.41) is 10.3. The molecule has 17 heavy (non-hydrogen) atoms. The van der Waals surface area contributed by atoms with Crippen LogP contribution >= 0.6 is 0 Å². The van der Waals surface area contributed by atoms with Gasteiger partial charge in [-0.2, -0.15) is 0 Å². The Bertz CT molecular complexity index is 438. The summed E-state index contributed by atoms with van der Waals surface area (Å²) < 4.78 is 0. The van der Waals surface area contributed by atoms with Crippen molar-refractivity contribution in [3.05, 3.63) is 35.4 Å². The number of carbonyl (C=O) groups excluding carboxylic acids is 1. The molecule has 3 rings (SSSR count). The summed E-state index contributed by atoms with van der Waals surface area (Å²) in [5.41, 5.74) is 1.44. The lowest BCUT2D eigenvalue weighted by atomic mass is 9.94. The van der Waals surface area contributed by atoms with Crippen molar-refractivity contribution < 1.29 is 9.90 Å². The Morgan fingerprint density at radius 1 is 1.12 bits per heavy atom. The minimum Gasteiger partial charge on any atom is -0.369 e. The standard InChI is InChI=1S/C14H17NO2/c16-13-11-8-4-5-9-12(11)14(17)15(13)10-6-2-1-3-7-10/h4-5,8-10,13,16H,1-3,6-7H2/t13-/m1/s1. The average molecular weight is 231 g/mol. The van der Waals surface area contributed by atoms with E-state index in [1.54, 1.807) is 4.90 Å². The number of fused-ring (bicyclic) bond motifs is 1. The highest BCUT2D eigenvalue weighted by Gasteiger charge is 2.39. The van der Waals surface area contributed by atoms with E-state index in [0.29, 0.717) is 5.56 Å². The lowest BCUT2D eigenvalue weighted by Gasteiger charge is -2.33. The number of hydrogen-bond donors (Lipinski definition) is 1. The molecule has 1 heterocycles. The number of benzene rings is 1. The number of rotatable bonds is 1. The van der Waals surface area contributed by atoms with Gasteiger partial charge in [0.05, 0.1) is 0 Å². The van der Waals surface area contributed by atoms with E-state index in [1.165, 1.54) is 6.42 Å². The first-order chi connectivity index (χ1) is 8.29. The van der Waals surface area contributed by atoms with Crippen LogP contribution in [0.15, 0.2) is 24.3 Å². The predicted octanol–water partition coefficient (Wildman–Crippen LogP) is 2.47. The lowest BCUT2D eigenvalue weighted by molar-refractivity contribution is -0.0107. The number of hydrogen-bond acceptors (Lipinski definition) is 2. The van der Waals surface area contributed by atoms with Gasteiger partial charge in [0.25, 0.3) is 5.91 Å². The van der Waals surface area contributed by atoms with Crippen LogP contribution in [0.4, 0.5) is 0 Å². The van der Waals surface area contributed by atoms with Gasteiger partial charge in [0.2, 0.25) is 0 Å². The summed E-state index contributed by atoms with van der Waals surface area (Å²) in [4.78, 5) is 14.0. The van der Waals surface area contributed by atoms with Gasteiger partial charge in [0, 0.05) is 17.2 Å². The fourth-order valence-electron chi connectivity index (χ4n) is 3.04. The number of amides is 1. The van der Waals surface area contributed by atoms with Crippen LogP contribution in [0.25, 0.3) is 0 Å². The quantitative estimate of drug-likeness (QED) is 0.806. The Kier molecular flexibility index (Phi) is 2.63. The molecular weight excluding hydrogens is 214 g/mol. The largest absolute Gasteiger partial charge is 0.369 e. The van der Waals surface area contributed by atoms with Crippen molar-refractivity contribution in [3.63, 3.8) is 0 Å². The smallest absolute Gasteiger partial charge is 0.256 e. The second kappa shape index (κ2) is 4.15. The normalized spacial score (nSPS) is 25.1. The van der Waals surface area contributed by atoms with Gasteiger partial charge in [-0.15, -0.1) is 0 Å². The Labute approximate surface area is 101 Å². The zero-order chi connectivity index (χ0) is 11.8. The van der Waals surface area contributed by atoms with Gasteiger partial charge in [0.15, 0.2) is 6.23 Å². The molecule has 0 saturated heterocycles. The molecule has 90 valence electrons. The van der Waals surface area contributed by atoms with E-state index in [2.05, 4.69) is 0 Å². The molecule has 1 aromatic carbocycles. The summed E-state index contributed by atoms with van der Waals surface area (Å²) >= 11 is 0. The molecule has 0 spiro atoms. The van der Waals surface area contributed by atoms with E-state index in [0.717, 1.165) is 31.2 Å². The minimum atomic E-state index is -0.734. The van der Waals surface area contributed by atoms with Gasteiger partial charge in [0.1, 0.15) is 0 Å². The molecule has 0 radical (unpaired) electrons. The van der Waals surface area contributed by atoms with E-state index in [-0.39, 0.29) is 11.9 Å². The second-order valence-corrected chi connectivity index (χ2v) is 4.97. The third-order valence-corrected chi connectivity index (χ3v) is 3.94. The van der Waals surface area contributed by atoms with Crippen LogP contribution in [0.3, 0.4) is 0 Å². The third-order valence-electron chi connectivity index (χ3n) is 3.94. The van der Waals surface area contributed by atoms with E-state index in [1.807, 2.05) is 24.3 Å². The summed E-state index contributed by atoms with van der Waals surface area (Å²) in [6.07, 6.45) is 4.89. The molecule has 1 aromatic rings. The van der Waals surface area contributed by atoms with Crippen LogP contribution in [0.2, 0.25) is 0 Å². The molecule has 1 fully saturated rings. The minimum absolute atomic E-state index is 0.000000000000000222. The Hall–Kier alpha value is -1.35. The first-order valence-corrected chi connectivity index (χ1v) is 6.38. The number of aliphatic hydroxyl groups excluding tert-OH is 1. The number of aliphatic hydroxyl groups is 1. The predicted molar refractivity (Wildman–Crippen MR) is 64.4 cm³/mol. The van der Waals surface area contributed by atoms with Crippen molar-refractivity contribution in [2.75, 3.05) is 0 Å². The zero-order valence-corrected chi connectivity index (χ0v) is 9.80. The first-order valence-electron chi connectivity index (χ1n) is 6.38. The SMILES string of the molecule is O=C1c2ccccc2[C@@H](O)N1C1CCCCC1. The molecule has 0 unspecified atom stereocenters. The van der Waals surface area contributed by atoms with Crippen molar-refractivity contribution in [1.82, 2.24) is 4.90 Å². The summed E-state index contributed by atoms with van der Waals surface area (Å²) in [6.45, 7) is 0. The van der Waals surface area contributed by atoms with Gasteiger partial charge in [-0.05, 0) is 18.9 Å². The van der Waals surface area contributed by atoms with E-state index < -0.39 is 6.23 Å². The summed E-state index contributed by atoms with van der Waals surface area (Å²) in [5.74, 6) is 0.000000000000000222. The monoisotopic (exact) mass is 231 g/mol. The first kappa shape index (κ1) is 10.8. The second-order valence-electron chi connectivity index (χ2n) is 4.97. The van der Waals surface area contributed by atoms with Crippen LogP contribution in [0.5, 0.6) is 0 Å². The molecule has 3 nitrogen and oxygen atoms in total. The maximum absolute atomic E-state index is 12.3. The molecule has 1 amide bonds. The fourth-order valence-corrected chi connectivity index (χ4v) is 3.04. The van der Waals surface area contributed by atoms with E-state index in [4.69, 9.17) is 0 Å². The fraction of sp³-hybridized carbons (Fsp3) is 0.500. The van der Waals surface area contributed by atoms with Crippen molar-refractivity contribution >= 4 is 5.91 Å². The van der Waals surface area contributed by atoms with Crippen LogP contribution in [-0.2, 0) is 0 Å². The molecule has 2 aliphatic rings. The highest BCUT2D eigenvalue weighted by Crippen LogP contribution is 2.36. The summed E-state index contributed by atoms with van der Waals surface area (Å²) in [6, 6.07) is 7.61. The maximum Gasteiger partial charge on any atom is 0.256 e. The van der Waals surface area contributed by atoms with Crippen molar-refractivity contribution in [2.45, 2.75) is 44.4 Å². The zero-order valence-electron chi connectivity index (χ0n) is 9.80. The topological polar surface area (TPSA) is 40.5 Å². The maximum atomic E-state index is 12.3. The van der Waals surface area contributed by atoms with Crippen LogP contribution in [-0.4, -0.2) is 22.0 Å². The van der Waals surface area contributed by atoms with Crippen LogP contribution < -0.4 is 0 Å². The molecule has 1 saturated carbocycles. The van der Waals surface area contributed by atoms with Gasteiger partial charge in [-0.3, -0.25) is 4.79 Å². The molecule has 1 aliphatic heterocycles. The molecule has 0 bridgehead atoms. The molecular formula is C14H17NO2. The van der Waals surface area contributed by atoms with Gasteiger partial charge in [-0.1, -0.05) is 37.5 Å². The highest BCUT2D eigenvalue weighted by atomic mass is 16.3. The van der Waals surface area contributed by atoms with Crippen molar-refractivity contribution in [1.29, 1.82) is 0 Å². The molecule has 1 N–H and O–H groups in total. The Morgan fingerprint density at radius 2 is 1.82 bits per heavy atom. The van der Waals surface area contributed by atoms with Crippen LogP contribution in [0, 0.1) is 0 Å². The lowest BCUT2D eigenvalue weighted by Crippen LogP contribution is -2.39. The molecule has 1 atom stereocenters. The average Bonchev–Trinajstić information content (AvgIpc) is 2.64. The summed E-state index contributed by atoms with van der Waals surface area (Å²) in [7, 11) is 0. The molecule has 3 heteroatoms. The molecule has 1 aliphatic carbocycles. The third kappa shape index (κ3) is 1.65. The van der Waals surface area contributed by atoms with E-state index >= 15 is 0 Å². The number of nitrogens with zero attached hydrogens (tertiary/aromatic N) is 1. The van der Waals surface area contributed by atoms with Gasteiger partial charge >= 0.3 is 0 Å². The Morgan fingerprint density at radius 3 is 2.53 bits per heavy atom. The van der Waals surface area contributed by atoms with Gasteiger partial charge in [-0.25, -0.2) is 0 Å². The van der Waals surface area contributed by atoms with Crippen LogP contribution in [0.1, 0.15) is 54.3 Å². The highest BCUT2D eigenvalue weighted by molar-refractivity contribution is 5.99. The van der Waals surface area contributed by atoms with Gasteiger partial charge < -0.3 is 10.0 Å². The molecule has 0 aromatic heterocycles. The van der Waals surface area contributed by atoms with Crippen molar-refractivity contribution in [3.8, 4) is 0 Å². The van der Waals surface area contributed by atoms with E-state index in [9.17, 15) is 9.90 Å².